The number of carbonyl (C=O) groups excluding carboxylic acids is 1. The summed E-state index contributed by atoms with van der Waals surface area (Å²) in [5.74, 6) is -0.347. The fourth-order valence-electron chi connectivity index (χ4n) is 1.89. The largest absolute Gasteiger partial charge is 0.459 e. The van der Waals surface area contributed by atoms with Gasteiger partial charge >= 0.3 is 5.97 Å². The zero-order valence-electron chi connectivity index (χ0n) is 11.5. The molecule has 1 heterocycles. The molecule has 0 aliphatic heterocycles. The van der Waals surface area contributed by atoms with Crippen LogP contribution in [-0.2, 0) is 16.1 Å². The molecule has 0 fully saturated rings. The van der Waals surface area contributed by atoms with Crippen molar-refractivity contribution in [1.82, 2.24) is 9.78 Å². The first-order valence-electron chi connectivity index (χ1n) is 6.09. The van der Waals surface area contributed by atoms with E-state index in [0.29, 0.717) is 9.26 Å². The molecule has 2 rings (SSSR count). The first kappa shape index (κ1) is 14.8. The lowest BCUT2D eigenvalue weighted by atomic mass is 10.1. The highest BCUT2D eigenvalue weighted by atomic mass is 127. The zero-order chi connectivity index (χ0) is 14.9. The van der Waals surface area contributed by atoms with E-state index in [4.69, 9.17) is 10.00 Å². The van der Waals surface area contributed by atoms with Crippen molar-refractivity contribution in [3.8, 4) is 6.07 Å². The minimum Gasteiger partial charge on any atom is -0.459 e. The Morgan fingerprint density at radius 3 is 2.80 bits per heavy atom. The van der Waals surface area contributed by atoms with Crippen LogP contribution < -0.4 is 0 Å². The number of rotatable bonds is 2. The highest BCUT2D eigenvalue weighted by molar-refractivity contribution is 14.1. The van der Waals surface area contributed by atoms with Gasteiger partial charge in [-0.25, -0.2) is 0 Å². The quantitative estimate of drug-likeness (QED) is 0.591. The van der Waals surface area contributed by atoms with Crippen LogP contribution in [0.2, 0.25) is 0 Å². The van der Waals surface area contributed by atoms with Gasteiger partial charge < -0.3 is 4.74 Å². The lowest BCUT2D eigenvalue weighted by Gasteiger charge is -2.19. The molecule has 1 aromatic carbocycles. The summed E-state index contributed by atoms with van der Waals surface area (Å²) in [6.45, 7) is 5.50. The number of nitrogens with zero attached hydrogens (tertiary/aromatic N) is 3. The molecule has 104 valence electrons. The molecular formula is C14H14IN3O2. The van der Waals surface area contributed by atoms with Crippen LogP contribution >= 0.6 is 22.6 Å². The summed E-state index contributed by atoms with van der Waals surface area (Å²) in [4.78, 5) is 11.9. The third-order valence-electron chi connectivity index (χ3n) is 2.55. The van der Waals surface area contributed by atoms with E-state index < -0.39 is 5.60 Å². The number of nitriles is 1. The van der Waals surface area contributed by atoms with Gasteiger partial charge in [-0.05, 0) is 55.5 Å². The van der Waals surface area contributed by atoms with E-state index in [1.807, 2.05) is 26.8 Å². The minimum atomic E-state index is -0.523. The van der Waals surface area contributed by atoms with Gasteiger partial charge in [0.15, 0.2) is 0 Å². The minimum absolute atomic E-state index is 0.0334. The SMILES string of the molecule is CC(C)(C)OC(=O)Cn1nc(I)c2c(C#N)cccc21. The van der Waals surface area contributed by atoms with E-state index in [0.717, 1.165) is 10.9 Å². The van der Waals surface area contributed by atoms with Gasteiger partial charge in [-0.1, -0.05) is 6.07 Å². The molecule has 0 N–H and O–H groups in total. The summed E-state index contributed by atoms with van der Waals surface area (Å²) in [5, 5.41) is 14.2. The van der Waals surface area contributed by atoms with Crippen molar-refractivity contribution in [1.29, 1.82) is 5.26 Å². The van der Waals surface area contributed by atoms with Crippen molar-refractivity contribution >= 4 is 39.5 Å². The Hall–Kier alpha value is -1.62. The highest BCUT2D eigenvalue weighted by Gasteiger charge is 2.19. The first-order chi connectivity index (χ1) is 9.31. The number of hydrogen-bond donors (Lipinski definition) is 0. The van der Waals surface area contributed by atoms with Gasteiger partial charge in [0.25, 0.3) is 0 Å². The molecule has 0 aliphatic rings. The van der Waals surface area contributed by atoms with Gasteiger partial charge in [0, 0.05) is 0 Å². The Balaban J connectivity index is 2.38. The highest BCUT2D eigenvalue weighted by Crippen LogP contribution is 2.24. The molecule has 0 saturated heterocycles. The van der Waals surface area contributed by atoms with E-state index >= 15 is 0 Å². The van der Waals surface area contributed by atoms with E-state index in [1.54, 1.807) is 16.8 Å². The van der Waals surface area contributed by atoms with Crippen LogP contribution in [0.25, 0.3) is 10.9 Å². The number of benzene rings is 1. The molecule has 0 unspecified atom stereocenters. The van der Waals surface area contributed by atoms with Crippen LogP contribution in [0.3, 0.4) is 0 Å². The second-order valence-electron chi connectivity index (χ2n) is 5.35. The predicted octanol–water partition coefficient (Wildman–Crippen LogP) is 2.85. The van der Waals surface area contributed by atoms with Gasteiger partial charge in [-0.15, -0.1) is 0 Å². The Bertz CT molecular complexity index is 708. The van der Waals surface area contributed by atoms with Gasteiger partial charge in [0.05, 0.1) is 22.5 Å². The fraction of sp³-hybridized carbons (Fsp3) is 0.357. The fourth-order valence-corrected chi connectivity index (χ4v) is 2.72. The van der Waals surface area contributed by atoms with Crippen molar-refractivity contribution in [2.75, 3.05) is 0 Å². The van der Waals surface area contributed by atoms with Crippen molar-refractivity contribution in [3.05, 3.63) is 27.5 Å². The molecule has 2 aromatic rings. The molecule has 0 amide bonds. The average Bonchev–Trinajstić information content (AvgIpc) is 2.64. The summed E-state index contributed by atoms with van der Waals surface area (Å²) in [6.07, 6.45) is 0. The van der Waals surface area contributed by atoms with E-state index in [9.17, 15) is 4.79 Å². The van der Waals surface area contributed by atoms with Crippen LogP contribution in [-0.4, -0.2) is 21.4 Å². The number of carbonyl (C=O) groups is 1. The van der Waals surface area contributed by atoms with E-state index in [2.05, 4.69) is 33.8 Å². The van der Waals surface area contributed by atoms with Gasteiger partial charge in [-0.2, -0.15) is 10.4 Å². The average molecular weight is 383 g/mol. The van der Waals surface area contributed by atoms with Gasteiger partial charge in [0.1, 0.15) is 15.8 Å². The van der Waals surface area contributed by atoms with Crippen LogP contribution in [0.1, 0.15) is 26.3 Å². The smallest absolute Gasteiger partial charge is 0.328 e. The van der Waals surface area contributed by atoms with Crippen molar-refractivity contribution in [3.63, 3.8) is 0 Å². The summed E-state index contributed by atoms with van der Waals surface area (Å²) in [6, 6.07) is 7.51. The van der Waals surface area contributed by atoms with E-state index in [1.165, 1.54) is 0 Å². The second kappa shape index (κ2) is 5.40. The number of hydrogen-bond acceptors (Lipinski definition) is 4. The second-order valence-corrected chi connectivity index (χ2v) is 6.37. The van der Waals surface area contributed by atoms with Crippen LogP contribution in [0.5, 0.6) is 0 Å². The Kier molecular flexibility index (Phi) is 3.99. The summed E-state index contributed by atoms with van der Waals surface area (Å²) in [7, 11) is 0. The number of halogens is 1. The third kappa shape index (κ3) is 3.10. The first-order valence-corrected chi connectivity index (χ1v) is 7.16. The molecule has 0 radical (unpaired) electrons. The zero-order valence-corrected chi connectivity index (χ0v) is 13.6. The number of esters is 1. The molecular weight excluding hydrogens is 369 g/mol. The number of aromatic nitrogens is 2. The molecule has 0 atom stereocenters. The molecule has 6 heteroatoms. The maximum absolute atomic E-state index is 11.9. The van der Waals surface area contributed by atoms with Crippen LogP contribution in [0, 0.1) is 15.0 Å². The predicted molar refractivity (Wildman–Crippen MR) is 83.0 cm³/mol. The van der Waals surface area contributed by atoms with Crippen LogP contribution in [0.15, 0.2) is 18.2 Å². The normalized spacial score (nSPS) is 11.3. The maximum atomic E-state index is 11.9. The molecule has 0 saturated carbocycles. The van der Waals surface area contributed by atoms with E-state index in [-0.39, 0.29) is 12.5 Å². The standard InChI is InChI=1S/C14H14IN3O2/c1-14(2,3)20-11(19)8-18-10-6-4-5-9(7-16)12(10)13(15)17-18/h4-6H,8H2,1-3H3. The Morgan fingerprint density at radius 1 is 1.50 bits per heavy atom. The lowest BCUT2D eigenvalue weighted by Crippen LogP contribution is -2.26. The molecule has 5 nitrogen and oxygen atoms in total. The summed E-state index contributed by atoms with van der Waals surface area (Å²) < 4.78 is 7.57. The Morgan fingerprint density at radius 2 is 2.20 bits per heavy atom. The van der Waals surface area contributed by atoms with Gasteiger partial charge in [-0.3, -0.25) is 9.48 Å². The molecule has 1 aromatic heterocycles. The van der Waals surface area contributed by atoms with Crippen molar-refractivity contribution in [2.45, 2.75) is 32.9 Å². The maximum Gasteiger partial charge on any atom is 0.328 e. The number of fused-ring (bicyclic) bond motifs is 1. The van der Waals surface area contributed by atoms with Crippen molar-refractivity contribution < 1.29 is 9.53 Å². The summed E-state index contributed by atoms with van der Waals surface area (Å²) in [5.41, 5.74) is 0.798. The topological polar surface area (TPSA) is 67.9 Å². The molecule has 0 bridgehead atoms. The lowest BCUT2D eigenvalue weighted by molar-refractivity contribution is -0.155. The molecule has 20 heavy (non-hydrogen) atoms. The Labute approximate surface area is 130 Å². The van der Waals surface area contributed by atoms with Gasteiger partial charge in [0.2, 0.25) is 0 Å². The summed E-state index contributed by atoms with van der Waals surface area (Å²) >= 11 is 2.07. The number of ether oxygens (including phenoxy) is 1. The van der Waals surface area contributed by atoms with Crippen molar-refractivity contribution in [2.24, 2.45) is 0 Å². The molecule has 0 spiro atoms. The molecule has 0 aliphatic carbocycles. The third-order valence-corrected chi connectivity index (χ3v) is 3.31. The van der Waals surface area contributed by atoms with Crippen LogP contribution in [0.4, 0.5) is 0 Å². The monoisotopic (exact) mass is 383 g/mol.